The second-order valence-electron chi connectivity index (χ2n) is 7.54. The van der Waals surface area contributed by atoms with Crippen LogP contribution in [0.4, 0.5) is 0 Å². The molecule has 26 heavy (non-hydrogen) atoms. The van der Waals surface area contributed by atoms with E-state index >= 15 is 0 Å². The van der Waals surface area contributed by atoms with Crippen molar-refractivity contribution in [3.8, 4) is 0 Å². The minimum absolute atomic E-state index is 0.436. The summed E-state index contributed by atoms with van der Waals surface area (Å²) in [6, 6.07) is 18.4. The fourth-order valence-corrected chi connectivity index (χ4v) is 5.99. The Morgan fingerprint density at radius 3 is 2.77 bits per heavy atom. The second-order valence-corrected chi connectivity index (χ2v) is 8.63. The Morgan fingerprint density at radius 1 is 1.00 bits per heavy atom. The lowest BCUT2D eigenvalue weighted by molar-refractivity contribution is 0.284. The number of benzene rings is 2. The highest BCUT2D eigenvalue weighted by Crippen LogP contribution is 2.57. The quantitative estimate of drug-likeness (QED) is 0.551. The number of fused-ring (bicyclic) bond motifs is 5. The highest BCUT2D eigenvalue weighted by molar-refractivity contribution is 8.12. The van der Waals surface area contributed by atoms with Crippen LogP contribution in [0.15, 0.2) is 59.1 Å². The van der Waals surface area contributed by atoms with Crippen molar-refractivity contribution in [2.45, 2.75) is 45.1 Å². The van der Waals surface area contributed by atoms with Crippen molar-refractivity contribution >= 4 is 22.7 Å². The summed E-state index contributed by atoms with van der Waals surface area (Å²) in [5, 5.41) is 0. The van der Waals surface area contributed by atoms with Crippen LogP contribution in [0.2, 0.25) is 0 Å². The third kappa shape index (κ3) is 2.54. The summed E-state index contributed by atoms with van der Waals surface area (Å²) in [5.41, 5.74) is 7.42. The zero-order valence-corrected chi connectivity index (χ0v) is 16.2. The Bertz CT molecular complexity index is 908. The minimum atomic E-state index is 0.436. The molecular formula is C24H25NS. The third-order valence-electron chi connectivity index (χ3n) is 5.87. The van der Waals surface area contributed by atoms with Crippen molar-refractivity contribution < 1.29 is 0 Å². The Kier molecular flexibility index (Phi) is 4.17. The van der Waals surface area contributed by atoms with E-state index in [9.17, 15) is 0 Å². The fourth-order valence-electron chi connectivity index (χ4n) is 4.59. The Hall–Kier alpha value is -1.93. The van der Waals surface area contributed by atoms with Gasteiger partial charge < -0.3 is 4.90 Å². The van der Waals surface area contributed by atoms with Crippen molar-refractivity contribution in [1.82, 2.24) is 4.90 Å². The molecule has 0 fully saturated rings. The van der Waals surface area contributed by atoms with Gasteiger partial charge in [0.25, 0.3) is 0 Å². The van der Waals surface area contributed by atoms with E-state index in [1.165, 1.54) is 64.3 Å². The SMILES string of the molecule is CCCCCCN1C2=C(SC3=Cc4ccccc4C31)c1ccccc1C2. The normalized spacial score (nSPS) is 19.8. The van der Waals surface area contributed by atoms with Crippen LogP contribution in [0.5, 0.6) is 0 Å². The molecule has 0 spiro atoms. The summed E-state index contributed by atoms with van der Waals surface area (Å²) in [7, 11) is 0. The standard InChI is InChI=1S/C24H25NS/c1-2-3-4-9-14-25-21-15-17-10-6-8-13-20(17)24(21)26-22-16-18-11-5-7-12-19(18)23(22)25/h5-8,10-13,16,23H,2-4,9,14-15H2,1H3. The van der Waals surface area contributed by atoms with E-state index in [4.69, 9.17) is 0 Å². The molecule has 1 unspecified atom stereocenters. The molecule has 2 aromatic carbocycles. The van der Waals surface area contributed by atoms with Crippen LogP contribution in [0, 0.1) is 0 Å². The van der Waals surface area contributed by atoms with Gasteiger partial charge in [-0.1, -0.05) is 86.5 Å². The molecule has 3 aliphatic rings. The van der Waals surface area contributed by atoms with Gasteiger partial charge in [-0.3, -0.25) is 0 Å². The van der Waals surface area contributed by atoms with Crippen LogP contribution in [-0.4, -0.2) is 11.4 Å². The smallest absolute Gasteiger partial charge is 0.0861 e. The molecule has 0 radical (unpaired) electrons. The lowest BCUT2D eigenvalue weighted by Gasteiger charge is -2.39. The average molecular weight is 360 g/mol. The maximum Gasteiger partial charge on any atom is 0.0861 e. The molecule has 0 saturated carbocycles. The van der Waals surface area contributed by atoms with E-state index in [0.717, 1.165) is 6.42 Å². The molecule has 0 saturated heterocycles. The largest absolute Gasteiger partial charge is 0.362 e. The number of nitrogens with zero attached hydrogens (tertiary/aromatic N) is 1. The van der Waals surface area contributed by atoms with Gasteiger partial charge >= 0.3 is 0 Å². The Morgan fingerprint density at radius 2 is 1.85 bits per heavy atom. The van der Waals surface area contributed by atoms with Crippen LogP contribution >= 0.6 is 11.8 Å². The predicted molar refractivity (Wildman–Crippen MR) is 113 cm³/mol. The van der Waals surface area contributed by atoms with Gasteiger partial charge in [-0.05, 0) is 34.8 Å². The predicted octanol–water partition coefficient (Wildman–Crippen LogP) is 6.64. The van der Waals surface area contributed by atoms with E-state index in [1.807, 2.05) is 11.8 Å². The van der Waals surface area contributed by atoms with Gasteiger partial charge in [-0.25, -0.2) is 0 Å². The van der Waals surface area contributed by atoms with Crippen molar-refractivity contribution in [3.05, 3.63) is 81.4 Å². The van der Waals surface area contributed by atoms with Crippen molar-refractivity contribution in [2.24, 2.45) is 0 Å². The van der Waals surface area contributed by atoms with Gasteiger partial charge in [0.1, 0.15) is 0 Å². The third-order valence-corrected chi connectivity index (χ3v) is 7.11. The van der Waals surface area contributed by atoms with Gasteiger partial charge in [0.15, 0.2) is 0 Å². The highest BCUT2D eigenvalue weighted by Gasteiger charge is 2.40. The molecular weight excluding hydrogens is 334 g/mol. The number of rotatable bonds is 5. The van der Waals surface area contributed by atoms with E-state index in [1.54, 1.807) is 5.70 Å². The van der Waals surface area contributed by atoms with Crippen molar-refractivity contribution in [1.29, 1.82) is 0 Å². The summed E-state index contributed by atoms with van der Waals surface area (Å²) in [5.74, 6) is 0. The lowest BCUT2D eigenvalue weighted by atomic mass is 10.0. The molecule has 1 aliphatic heterocycles. The van der Waals surface area contributed by atoms with Crippen LogP contribution in [0.1, 0.15) is 60.9 Å². The summed E-state index contributed by atoms with van der Waals surface area (Å²) in [4.78, 5) is 5.75. The van der Waals surface area contributed by atoms with Crippen LogP contribution in [-0.2, 0) is 6.42 Å². The molecule has 0 aromatic heterocycles. The van der Waals surface area contributed by atoms with Gasteiger partial charge in [-0.15, -0.1) is 0 Å². The topological polar surface area (TPSA) is 3.24 Å². The van der Waals surface area contributed by atoms with E-state index < -0.39 is 0 Å². The first-order valence-corrected chi connectivity index (χ1v) is 10.7. The summed E-state index contributed by atoms with van der Waals surface area (Å²) >= 11 is 2.02. The summed E-state index contributed by atoms with van der Waals surface area (Å²) in [6.07, 6.45) is 8.79. The summed E-state index contributed by atoms with van der Waals surface area (Å²) < 4.78 is 0. The molecule has 1 nitrogen and oxygen atoms in total. The molecule has 0 amide bonds. The Balaban J connectivity index is 1.54. The molecule has 2 aromatic rings. The molecule has 132 valence electrons. The first-order valence-electron chi connectivity index (χ1n) is 9.93. The Labute approximate surface area is 160 Å². The fraction of sp³-hybridized carbons (Fsp3) is 0.333. The number of thioether (sulfide) groups is 1. The van der Waals surface area contributed by atoms with Gasteiger partial charge in [0.05, 0.1) is 6.04 Å². The molecule has 2 aliphatic carbocycles. The van der Waals surface area contributed by atoms with E-state index in [0.29, 0.717) is 6.04 Å². The van der Waals surface area contributed by atoms with E-state index in [2.05, 4.69) is 66.4 Å². The average Bonchev–Trinajstić information content (AvgIpc) is 3.22. The second kappa shape index (κ2) is 6.66. The van der Waals surface area contributed by atoms with Gasteiger partial charge in [0.2, 0.25) is 0 Å². The zero-order chi connectivity index (χ0) is 17.5. The van der Waals surface area contributed by atoms with Crippen LogP contribution in [0.25, 0.3) is 11.0 Å². The highest BCUT2D eigenvalue weighted by atomic mass is 32.2. The maximum absolute atomic E-state index is 2.74. The van der Waals surface area contributed by atoms with Gasteiger partial charge in [-0.2, -0.15) is 0 Å². The molecule has 1 atom stereocenters. The molecule has 0 N–H and O–H groups in total. The number of hydrogen-bond donors (Lipinski definition) is 0. The monoisotopic (exact) mass is 359 g/mol. The number of allylic oxidation sites excluding steroid dienone is 1. The van der Waals surface area contributed by atoms with Gasteiger partial charge in [0, 0.05) is 28.5 Å². The minimum Gasteiger partial charge on any atom is -0.362 e. The molecule has 2 heteroatoms. The van der Waals surface area contributed by atoms with Crippen molar-refractivity contribution in [2.75, 3.05) is 6.54 Å². The maximum atomic E-state index is 2.74. The summed E-state index contributed by atoms with van der Waals surface area (Å²) in [6.45, 7) is 3.46. The first kappa shape index (κ1) is 16.3. The molecule has 1 heterocycles. The van der Waals surface area contributed by atoms with Crippen LogP contribution < -0.4 is 0 Å². The number of unbranched alkanes of at least 4 members (excludes halogenated alkanes) is 3. The number of hydrogen-bond acceptors (Lipinski definition) is 2. The van der Waals surface area contributed by atoms with E-state index in [-0.39, 0.29) is 0 Å². The lowest BCUT2D eigenvalue weighted by Crippen LogP contribution is -2.31. The first-order chi connectivity index (χ1) is 12.9. The van der Waals surface area contributed by atoms with Crippen LogP contribution in [0.3, 0.4) is 0 Å². The molecule has 5 rings (SSSR count). The zero-order valence-electron chi connectivity index (χ0n) is 15.4. The molecule has 0 bridgehead atoms. The van der Waals surface area contributed by atoms with Crippen molar-refractivity contribution in [3.63, 3.8) is 0 Å².